The van der Waals surface area contributed by atoms with Crippen LogP contribution in [0.2, 0.25) is 0 Å². The average molecular weight is 278 g/mol. The van der Waals surface area contributed by atoms with Crippen LogP contribution >= 0.6 is 0 Å². The lowest BCUT2D eigenvalue weighted by Crippen LogP contribution is -2.22. The molecule has 1 unspecified atom stereocenters. The Hall–Kier alpha value is -1.62. The number of rotatable bonds is 8. The second-order valence-electron chi connectivity index (χ2n) is 5.24. The molecule has 0 saturated carbocycles. The summed E-state index contributed by atoms with van der Waals surface area (Å²) in [6.45, 7) is 3.78. The summed E-state index contributed by atoms with van der Waals surface area (Å²) in [4.78, 5) is 17.6. The van der Waals surface area contributed by atoms with E-state index >= 15 is 0 Å². The van der Waals surface area contributed by atoms with Gasteiger partial charge in [-0.05, 0) is 37.4 Å². The molecule has 1 atom stereocenters. The van der Waals surface area contributed by atoms with Gasteiger partial charge in [0.2, 0.25) is 0 Å². The van der Waals surface area contributed by atoms with Crippen molar-refractivity contribution >= 4 is 11.7 Å². The van der Waals surface area contributed by atoms with E-state index in [1.807, 2.05) is 6.07 Å². The maximum absolute atomic E-state index is 11.7. The zero-order chi connectivity index (χ0) is 15.0. The van der Waals surface area contributed by atoms with E-state index in [2.05, 4.69) is 17.2 Å². The van der Waals surface area contributed by atoms with Crippen molar-refractivity contribution in [3.05, 3.63) is 23.9 Å². The van der Waals surface area contributed by atoms with E-state index in [0.29, 0.717) is 11.5 Å². The molecule has 0 fully saturated rings. The van der Waals surface area contributed by atoms with Gasteiger partial charge in [-0.15, -0.1) is 0 Å². The molecule has 0 aliphatic carbocycles. The summed E-state index contributed by atoms with van der Waals surface area (Å²) in [5.41, 5.74) is 6.23. The first-order chi connectivity index (χ1) is 9.58. The van der Waals surface area contributed by atoms with Crippen LogP contribution < -0.4 is 11.1 Å². The average Bonchev–Trinajstić information content (AvgIpc) is 2.45. The zero-order valence-electron chi connectivity index (χ0n) is 12.7. The largest absolute Gasteiger partial charge is 0.370 e. The summed E-state index contributed by atoms with van der Waals surface area (Å²) in [6.07, 6.45) is 4.97. The molecule has 0 radical (unpaired) electrons. The zero-order valence-corrected chi connectivity index (χ0v) is 12.7. The smallest absolute Gasteiger partial charge is 0.254 e. The van der Waals surface area contributed by atoms with Gasteiger partial charge in [0.05, 0.1) is 5.56 Å². The Morgan fingerprint density at radius 1 is 1.40 bits per heavy atom. The lowest BCUT2D eigenvalue weighted by atomic mass is 10.00. The number of nitrogens with one attached hydrogen (secondary N) is 1. The standard InChI is InChI=1S/C15H26N4O/c1-4-5-12(8-9-16)10-17-14-7-6-13(11-18-14)15(20)19(2)3/h6-7,11-12H,4-5,8-10,16H2,1-3H3,(H,17,18). The van der Waals surface area contributed by atoms with Crippen molar-refractivity contribution in [1.82, 2.24) is 9.88 Å². The lowest BCUT2D eigenvalue weighted by molar-refractivity contribution is 0.0827. The second kappa shape index (κ2) is 8.53. The predicted octanol–water partition coefficient (Wildman–Crippen LogP) is 1.96. The number of pyridine rings is 1. The molecule has 0 saturated heterocycles. The molecular formula is C15H26N4O. The van der Waals surface area contributed by atoms with E-state index < -0.39 is 0 Å². The molecule has 0 spiro atoms. The van der Waals surface area contributed by atoms with Gasteiger partial charge in [0.25, 0.3) is 5.91 Å². The fourth-order valence-corrected chi connectivity index (χ4v) is 2.12. The minimum absolute atomic E-state index is 0.0314. The minimum atomic E-state index is -0.0314. The molecule has 0 aliphatic heterocycles. The highest BCUT2D eigenvalue weighted by molar-refractivity contribution is 5.93. The van der Waals surface area contributed by atoms with Gasteiger partial charge in [-0.1, -0.05) is 13.3 Å². The molecule has 112 valence electrons. The molecule has 0 aromatic carbocycles. The van der Waals surface area contributed by atoms with Crippen LogP contribution in [0.4, 0.5) is 5.82 Å². The number of hydrogen-bond donors (Lipinski definition) is 2. The number of amides is 1. The van der Waals surface area contributed by atoms with Crippen molar-refractivity contribution in [3.8, 4) is 0 Å². The third kappa shape index (κ3) is 5.17. The van der Waals surface area contributed by atoms with Gasteiger partial charge in [-0.25, -0.2) is 4.98 Å². The predicted molar refractivity (Wildman–Crippen MR) is 82.8 cm³/mol. The van der Waals surface area contributed by atoms with Gasteiger partial charge >= 0.3 is 0 Å². The first-order valence-corrected chi connectivity index (χ1v) is 7.20. The number of anilines is 1. The highest BCUT2D eigenvalue weighted by Gasteiger charge is 2.09. The minimum Gasteiger partial charge on any atom is -0.370 e. The molecule has 5 nitrogen and oxygen atoms in total. The summed E-state index contributed by atoms with van der Waals surface area (Å²) in [6, 6.07) is 3.65. The molecule has 1 aromatic rings. The summed E-state index contributed by atoms with van der Waals surface area (Å²) >= 11 is 0. The maximum atomic E-state index is 11.7. The Kier molecular flexibility index (Phi) is 7.01. The van der Waals surface area contributed by atoms with Crippen molar-refractivity contribution in [2.75, 3.05) is 32.5 Å². The van der Waals surface area contributed by atoms with Gasteiger partial charge in [-0.2, -0.15) is 0 Å². The molecule has 20 heavy (non-hydrogen) atoms. The number of carbonyl (C=O) groups is 1. The van der Waals surface area contributed by atoms with Crippen LogP contribution in [0.1, 0.15) is 36.5 Å². The number of aromatic nitrogens is 1. The van der Waals surface area contributed by atoms with Crippen molar-refractivity contribution in [2.24, 2.45) is 11.7 Å². The van der Waals surface area contributed by atoms with Crippen LogP contribution in [0.25, 0.3) is 0 Å². The molecule has 5 heteroatoms. The number of hydrogen-bond acceptors (Lipinski definition) is 4. The Labute approximate surface area is 121 Å². The molecule has 1 aromatic heterocycles. The van der Waals surface area contributed by atoms with Crippen molar-refractivity contribution in [1.29, 1.82) is 0 Å². The quantitative estimate of drug-likeness (QED) is 0.762. The Morgan fingerprint density at radius 2 is 2.15 bits per heavy atom. The van der Waals surface area contributed by atoms with Gasteiger partial charge in [-0.3, -0.25) is 4.79 Å². The fraction of sp³-hybridized carbons (Fsp3) is 0.600. The van der Waals surface area contributed by atoms with E-state index in [1.165, 1.54) is 6.42 Å². The first-order valence-electron chi connectivity index (χ1n) is 7.20. The van der Waals surface area contributed by atoms with Gasteiger partial charge in [0.1, 0.15) is 5.82 Å². The van der Waals surface area contributed by atoms with E-state index in [0.717, 1.165) is 31.7 Å². The SMILES string of the molecule is CCCC(CCN)CNc1ccc(C(=O)N(C)C)cn1. The summed E-state index contributed by atoms with van der Waals surface area (Å²) < 4.78 is 0. The fourth-order valence-electron chi connectivity index (χ4n) is 2.12. The van der Waals surface area contributed by atoms with E-state index in [1.54, 1.807) is 31.3 Å². The van der Waals surface area contributed by atoms with E-state index in [-0.39, 0.29) is 5.91 Å². The van der Waals surface area contributed by atoms with Crippen molar-refractivity contribution in [3.63, 3.8) is 0 Å². The Morgan fingerprint density at radius 3 is 2.65 bits per heavy atom. The van der Waals surface area contributed by atoms with Gasteiger partial charge < -0.3 is 16.0 Å². The van der Waals surface area contributed by atoms with Crippen LogP contribution in [0.5, 0.6) is 0 Å². The van der Waals surface area contributed by atoms with Crippen LogP contribution in [0.3, 0.4) is 0 Å². The maximum Gasteiger partial charge on any atom is 0.254 e. The van der Waals surface area contributed by atoms with E-state index in [9.17, 15) is 4.79 Å². The third-order valence-corrected chi connectivity index (χ3v) is 3.26. The normalized spacial score (nSPS) is 12.0. The van der Waals surface area contributed by atoms with Crippen molar-refractivity contribution < 1.29 is 4.79 Å². The summed E-state index contributed by atoms with van der Waals surface area (Å²) in [5.74, 6) is 1.35. The van der Waals surface area contributed by atoms with Crippen LogP contribution in [-0.4, -0.2) is 43.0 Å². The first kappa shape index (κ1) is 16.4. The highest BCUT2D eigenvalue weighted by Crippen LogP contribution is 2.12. The molecule has 0 bridgehead atoms. The van der Waals surface area contributed by atoms with Gasteiger partial charge in [0, 0.05) is 26.8 Å². The molecule has 3 N–H and O–H groups in total. The summed E-state index contributed by atoms with van der Waals surface area (Å²) in [5, 5.41) is 3.32. The molecular weight excluding hydrogens is 252 g/mol. The summed E-state index contributed by atoms with van der Waals surface area (Å²) in [7, 11) is 3.47. The second-order valence-corrected chi connectivity index (χ2v) is 5.24. The van der Waals surface area contributed by atoms with Crippen LogP contribution in [0, 0.1) is 5.92 Å². The number of nitrogens with two attached hydrogens (primary N) is 1. The number of nitrogens with zero attached hydrogens (tertiary/aromatic N) is 2. The highest BCUT2D eigenvalue weighted by atomic mass is 16.2. The van der Waals surface area contributed by atoms with Crippen LogP contribution in [-0.2, 0) is 0 Å². The van der Waals surface area contributed by atoms with Crippen molar-refractivity contribution in [2.45, 2.75) is 26.2 Å². The molecule has 1 heterocycles. The monoisotopic (exact) mass is 278 g/mol. The Bertz CT molecular complexity index is 397. The topological polar surface area (TPSA) is 71.2 Å². The van der Waals surface area contributed by atoms with E-state index in [4.69, 9.17) is 5.73 Å². The molecule has 0 aliphatic rings. The van der Waals surface area contributed by atoms with Crippen LogP contribution in [0.15, 0.2) is 18.3 Å². The molecule has 1 rings (SSSR count). The Balaban J connectivity index is 2.54. The van der Waals surface area contributed by atoms with Gasteiger partial charge in [0.15, 0.2) is 0 Å². The third-order valence-electron chi connectivity index (χ3n) is 3.26. The number of carbonyl (C=O) groups excluding carboxylic acids is 1. The molecule has 1 amide bonds. The lowest BCUT2D eigenvalue weighted by Gasteiger charge is -2.16.